The first-order valence-electron chi connectivity index (χ1n) is 9.57. The predicted octanol–water partition coefficient (Wildman–Crippen LogP) is 4.01. The Balaban J connectivity index is 1.60. The normalized spacial score (nSPS) is 15.3. The molecule has 7 heteroatoms. The van der Waals surface area contributed by atoms with Gasteiger partial charge >= 0.3 is 0 Å². The quantitative estimate of drug-likeness (QED) is 0.458. The zero-order chi connectivity index (χ0) is 20.1. The van der Waals surface area contributed by atoms with E-state index < -0.39 is 0 Å². The van der Waals surface area contributed by atoms with Crippen LogP contribution in [0, 0.1) is 0 Å². The Bertz CT molecular complexity index is 1040. The lowest BCUT2D eigenvalue weighted by atomic mass is 10.2. The van der Waals surface area contributed by atoms with Crippen LogP contribution in [0.1, 0.15) is 12.5 Å². The Morgan fingerprint density at radius 3 is 2.69 bits per heavy atom. The van der Waals surface area contributed by atoms with Crippen LogP contribution in [0.5, 0.6) is 0 Å². The highest BCUT2D eigenvalue weighted by molar-refractivity contribution is 7.07. The maximum Gasteiger partial charge on any atom is 0.206 e. The van der Waals surface area contributed by atoms with E-state index in [9.17, 15) is 0 Å². The van der Waals surface area contributed by atoms with Crippen LogP contribution in [0.4, 0.5) is 5.69 Å². The maximum absolute atomic E-state index is 5.57. The van der Waals surface area contributed by atoms with Gasteiger partial charge < -0.3 is 14.1 Å². The summed E-state index contributed by atoms with van der Waals surface area (Å²) in [5.41, 5.74) is 4.12. The molecule has 1 aromatic carbocycles. The lowest BCUT2D eigenvalue weighted by Gasteiger charge is -2.28. The minimum atomic E-state index is 0.571. The van der Waals surface area contributed by atoms with Crippen molar-refractivity contribution in [2.45, 2.75) is 6.92 Å². The Morgan fingerprint density at radius 2 is 2.00 bits per heavy atom. The van der Waals surface area contributed by atoms with Crippen LogP contribution in [0.25, 0.3) is 11.5 Å². The van der Waals surface area contributed by atoms with Gasteiger partial charge in [0.25, 0.3) is 0 Å². The van der Waals surface area contributed by atoms with Gasteiger partial charge in [0.15, 0.2) is 5.76 Å². The Hall–Kier alpha value is -2.90. The number of aromatic nitrogens is 1. The van der Waals surface area contributed by atoms with E-state index in [2.05, 4.69) is 40.7 Å². The topological polar surface area (TPSA) is 55.3 Å². The molecule has 1 fully saturated rings. The van der Waals surface area contributed by atoms with Gasteiger partial charge in [-0.1, -0.05) is 24.3 Å². The lowest BCUT2D eigenvalue weighted by molar-refractivity contribution is 0.122. The van der Waals surface area contributed by atoms with Gasteiger partial charge in [-0.05, 0) is 36.8 Å². The van der Waals surface area contributed by atoms with E-state index in [4.69, 9.17) is 14.3 Å². The summed E-state index contributed by atoms with van der Waals surface area (Å²) in [6.45, 7) is 9.89. The molecule has 0 spiro atoms. The van der Waals surface area contributed by atoms with E-state index in [0.29, 0.717) is 6.54 Å². The van der Waals surface area contributed by atoms with Crippen LogP contribution < -0.4 is 9.70 Å². The molecule has 6 nitrogen and oxygen atoms in total. The van der Waals surface area contributed by atoms with E-state index in [1.54, 1.807) is 6.26 Å². The zero-order valence-corrected chi connectivity index (χ0v) is 17.3. The second-order valence-electron chi connectivity index (χ2n) is 6.90. The SMILES string of the molecule is C=C(C)CN=c1scc(-c2ccco2)n1N=Cc1ccc(N2CCOCC2)cc1. The molecule has 0 amide bonds. The molecule has 4 rings (SSSR count). The molecule has 0 N–H and O–H groups in total. The van der Waals surface area contributed by atoms with Gasteiger partial charge in [-0.15, -0.1) is 11.3 Å². The molecule has 1 aliphatic heterocycles. The third-order valence-electron chi connectivity index (χ3n) is 4.53. The molecule has 0 bridgehead atoms. The standard InChI is InChI=1S/C22H24N4O2S/c1-17(2)14-23-22-26(20(16-29-22)21-4-3-11-28-21)24-15-18-5-7-19(8-6-18)25-9-12-27-13-10-25/h3-8,11,15-16H,1,9-10,12-14H2,2H3. The van der Waals surface area contributed by atoms with Crippen LogP contribution in [0.15, 0.2) is 74.7 Å². The number of furan rings is 1. The third-order valence-corrected chi connectivity index (χ3v) is 5.39. The van der Waals surface area contributed by atoms with Crippen molar-refractivity contribution in [1.29, 1.82) is 0 Å². The number of hydrogen-bond donors (Lipinski definition) is 0. The van der Waals surface area contributed by atoms with Gasteiger partial charge in [-0.3, -0.25) is 4.99 Å². The van der Waals surface area contributed by atoms with Crippen molar-refractivity contribution in [2.75, 3.05) is 37.7 Å². The van der Waals surface area contributed by atoms with Gasteiger partial charge in [-0.2, -0.15) is 5.10 Å². The minimum absolute atomic E-state index is 0.571. The van der Waals surface area contributed by atoms with Crippen LogP contribution in [-0.2, 0) is 4.74 Å². The fourth-order valence-electron chi connectivity index (χ4n) is 3.03. The summed E-state index contributed by atoms with van der Waals surface area (Å²) in [5.74, 6) is 0.762. The first-order valence-corrected chi connectivity index (χ1v) is 10.4. The molecular weight excluding hydrogens is 384 g/mol. The fourth-order valence-corrected chi connectivity index (χ4v) is 3.85. The van der Waals surface area contributed by atoms with Crippen LogP contribution in [-0.4, -0.2) is 43.7 Å². The number of benzene rings is 1. The van der Waals surface area contributed by atoms with Crippen molar-refractivity contribution < 1.29 is 9.15 Å². The highest BCUT2D eigenvalue weighted by atomic mass is 32.1. The van der Waals surface area contributed by atoms with Gasteiger partial charge in [-0.25, -0.2) is 4.68 Å². The summed E-state index contributed by atoms with van der Waals surface area (Å²) in [6.07, 6.45) is 3.51. The van der Waals surface area contributed by atoms with E-state index >= 15 is 0 Å². The maximum atomic E-state index is 5.57. The molecule has 2 aromatic heterocycles. The highest BCUT2D eigenvalue weighted by Gasteiger charge is 2.11. The van der Waals surface area contributed by atoms with E-state index in [0.717, 1.165) is 53.7 Å². The molecule has 1 aliphatic rings. The molecule has 0 radical (unpaired) electrons. The van der Waals surface area contributed by atoms with Crippen molar-refractivity contribution in [3.05, 3.63) is 70.6 Å². The molecular formula is C22H24N4O2S. The molecule has 1 saturated heterocycles. The highest BCUT2D eigenvalue weighted by Crippen LogP contribution is 2.21. The molecule has 3 heterocycles. The van der Waals surface area contributed by atoms with Crippen LogP contribution in [0.3, 0.4) is 0 Å². The minimum Gasteiger partial charge on any atom is -0.463 e. The third kappa shape index (κ3) is 4.75. The summed E-state index contributed by atoms with van der Waals surface area (Å²) >= 11 is 1.54. The monoisotopic (exact) mass is 408 g/mol. The first kappa shape index (κ1) is 19.4. The lowest BCUT2D eigenvalue weighted by Crippen LogP contribution is -2.36. The fraction of sp³-hybridized carbons (Fsp3) is 0.273. The average molecular weight is 409 g/mol. The van der Waals surface area contributed by atoms with E-state index in [1.165, 1.54) is 17.0 Å². The first-order chi connectivity index (χ1) is 14.2. The van der Waals surface area contributed by atoms with Crippen molar-refractivity contribution >= 4 is 23.2 Å². The Labute approximate surface area is 174 Å². The molecule has 150 valence electrons. The molecule has 29 heavy (non-hydrogen) atoms. The van der Waals surface area contributed by atoms with Gasteiger partial charge in [0.05, 0.1) is 32.2 Å². The van der Waals surface area contributed by atoms with Gasteiger partial charge in [0.1, 0.15) is 5.69 Å². The average Bonchev–Trinajstić information content (AvgIpc) is 3.41. The summed E-state index contributed by atoms with van der Waals surface area (Å²) in [7, 11) is 0. The molecule has 0 saturated carbocycles. The number of thiazole rings is 1. The smallest absolute Gasteiger partial charge is 0.206 e. The van der Waals surface area contributed by atoms with Gasteiger partial charge in [0.2, 0.25) is 4.80 Å². The molecule has 0 atom stereocenters. The van der Waals surface area contributed by atoms with Crippen molar-refractivity contribution in [3.63, 3.8) is 0 Å². The second kappa shape index (κ2) is 9.07. The van der Waals surface area contributed by atoms with Crippen LogP contribution >= 0.6 is 11.3 Å². The number of anilines is 1. The molecule has 3 aromatic rings. The van der Waals surface area contributed by atoms with E-state index in [-0.39, 0.29) is 0 Å². The number of nitrogens with zero attached hydrogens (tertiary/aromatic N) is 4. The molecule has 0 aliphatic carbocycles. The van der Waals surface area contributed by atoms with Crippen molar-refractivity contribution in [3.8, 4) is 11.5 Å². The van der Waals surface area contributed by atoms with Gasteiger partial charge in [0, 0.05) is 24.2 Å². The Morgan fingerprint density at radius 1 is 1.21 bits per heavy atom. The number of hydrogen-bond acceptors (Lipinski definition) is 6. The number of morpholine rings is 1. The predicted molar refractivity (Wildman–Crippen MR) is 118 cm³/mol. The number of rotatable bonds is 6. The summed E-state index contributed by atoms with van der Waals surface area (Å²) in [5, 5.41) is 6.71. The Kier molecular flexibility index (Phi) is 6.07. The van der Waals surface area contributed by atoms with Crippen LogP contribution in [0.2, 0.25) is 0 Å². The summed E-state index contributed by atoms with van der Waals surface area (Å²) in [4.78, 5) is 7.77. The molecule has 0 unspecified atom stereocenters. The van der Waals surface area contributed by atoms with Crippen molar-refractivity contribution in [1.82, 2.24) is 4.68 Å². The number of ether oxygens (including phenoxy) is 1. The van der Waals surface area contributed by atoms with E-state index in [1.807, 2.05) is 35.3 Å². The van der Waals surface area contributed by atoms with Crippen molar-refractivity contribution in [2.24, 2.45) is 10.1 Å². The summed E-state index contributed by atoms with van der Waals surface area (Å²) in [6, 6.07) is 12.2. The largest absolute Gasteiger partial charge is 0.463 e. The zero-order valence-electron chi connectivity index (χ0n) is 16.5. The second-order valence-corrected chi connectivity index (χ2v) is 7.74. The summed E-state index contributed by atoms with van der Waals surface area (Å²) < 4.78 is 12.8.